The molecule has 1 saturated heterocycles. The Bertz CT molecular complexity index is 361. The van der Waals surface area contributed by atoms with Gasteiger partial charge in [-0.1, -0.05) is 19.3 Å². The Morgan fingerprint density at radius 1 is 1.09 bits per heavy atom. The lowest BCUT2D eigenvalue weighted by Gasteiger charge is -2.24. The van der Waals surface area contributed by atoms with Crippen LogP contribution in [-0.2, 0) is 4.79 Å². The van der Waals surface area contributed by atoms with Gasteiger partial charge in [0.15, 0.2) is 0 Å². The summed E-state index contributed by atoms with van der Waals surface area (Å²) in [7, 11) is 1.92. The van der Waals surface area contributed by atoms with Crippen molar-refractivity contribution in [2.24, 2.45) is 0 Å². The van der Waals surface area contributed by atoms with Gasteiger partial charge in [-0.15, -0.1) is 12.4 Å². The molecule has 0 radical (unpaired) electrons. The molecule has 128 valence electrons. The van der Waals surface area contributed by atoms with Crippen LogP contribution in [0.25, 0.3) is 0 Å². The molecule has 0 aromatic heterocycles. The van der Waals surface area contributed by atoms with Gasteiger partial charge >= 0.3 is 6.03 Å². The monoisotopic (exact) mass is 332 g/mol. The second-order valence-corrected chi connectivity index (χ2v) is 6.18. The summed E-state index contributed by atoms with van der Waals surface area (Å²) in [5, 5.41) is 8.53. The summed E-state index contributed by atoms with van der Waals surface area (Å²) in [6, 6.07) is 0.300. The third kappa shape index (κ3) is 6.10. The second-order valence-electron chi connectivity index (χ2n) is 6.18. The van der Waals surface area contributed by atoms with Crippen LogP contribution in [0.15, 0.2) is 0 Å². The predicted octanol–water partition coefficient (Wildman–Crippen LogP) is 1.25. The average molecular weight is 333 g/mol. The van der Waals surface area contributed by atoms with Crippen molar-refractivity contribution >= 4 is 24.3 Å². The van der Waals surface area contributed by atoms with Gasteiger partial charge in [-0.2, -0.15) is 0 Å². The van der Waals surface area contributed by atoms with E-state index in [1.54, 1.807) is 0 Å². The highest BCUT2D eigenvalue weighted by Gasteiger charge is 2.26. The second kappa shape index (κ2) is 10.0. The molecule has 1 atom stereocenters. The van der Waals surface area contributed by atoms with Gasteiger partial charge in [0.1, 0.15) is 0 Å². The van der Waals surface area contributed by atoms with Crippen LogP contribution in [0.2, 0.25) is 0 Å². The van der Waals surface area contributed by atoms with Crippen molar-refractivity contribution in [2.45, 2.75) is 57.0 Å². The van der Waals surface area contributed by atoms with Gasteiger partial charge in [-0.3, -0.25) is 15.0 Å². The van der Waals surface area contributed by atoms with Crippen LogP contribution in [0.3, 0.4) is 0 Å². The maximum Gasteiger partial charge on any atom is 0.321 e. The number of halogens is 1. The molecule has 0 aromatic carbocycles. The third-order valence-electron chi connectivity index (χ3n) is 4.48. The SMILES string of the molecule is CNCC1CCCN1CC(=O)NC(=O)NC1CCCCC1.Cl. The molecule has 1 aliphatic carbocycles. The zero-order valence-electron chi connectivity index (χ0n) is 13.4. The third-order valence-corrected chi connectivity index (χ3v) is 4.48. The summed E-state index contributed by atoms with van der Waals surface area (Å²) in [6.45, 7) is 2.13. The fourth-order valence-corrected chi connectivity index (χ4v) is 3.39. The molecule has 6 nitrogen and oxygen atoms in total. The molecule has 1 aliphatic heterocycles. The topological polar surface area (TPSA) is 73.5 Å². The predicted molar refractivity (Wildman–Crippen MR) is 89.3 cm³/mol. The summed E-state index contributed by atoms with van der Waals surface area (Å²) in [6.07, 6.45) is 7.86. The number of hydrogen-bond donors (Lipinski definition) is 3. The Labute approximate surface area is 139 Å². The molecule has 3 N–H and O–H groups in total. The van der Waals surface area contributed by atoms with Crippen molar-refractivity contribution < 1.29 is 9.59 Å². The molecule has 22 heavy (non-hydrogen) atoms. The normalized spacial score (nSPS) is 22.9. The minimum Gasteiger partial charge on any atom is -0.335 e. The fourth-order valence-electron chi connectivity index (χ4n) is 3.39. The molecule has 0 aromatic rings. The van der Waals surface area contributed by atoms with Crippen LogP contribution in [-0.4, -0.2) is 55.6 Å². The highest BCUT2D eigenvalue weighted by atomic mass is 35.5. The van der Waals surface area contributed by atoms with Crippen LogP contribution in [0.1, 0.15) is 44.9 Å². The van der Waals surface area contributed by atoms with Crippen molar-refractivity contribution in [2.75, 3.05) is 26.7 Å². The zero-order chi connectivity index (χ0) is 15.1. The number of rotatable bonds is 5. The molecule has 1 heterocycles. The van der Waals surface area contributed by atoms with Crippen LogP contribution in [0.4, 0.5) is 4.79 Å². The standard InChI is InChI=1S/C15H28N4O2.ClH/c1-16-10-13-8-5-9-19(13)11-14(20)18-15(21)17-12-6-3-2-4-7-12;/h12-13,16H,2-11H2,1H3,(H2,17,18,20,21);1H. The zero-order valence-corrected chi connectivity index (χ0v) is 14.2. The Hall–Kier alpha value is -0.850. The fraction of sp³-hybridized carbons (Fsp3) is 0.867. The smallest absolute Gasteiger partial charge is 0.321 e. The van der Waals surface area contributed by atoms with E-state index in [0.717, 1.165) is 38.8 Å². The summed E-state index contributed by atoms with van der Waals surface area (Å²) in [4.78, 5) is 25.9. The Morgan fingerprint density at radius 3 is 2.50 bits per heavy atom. The maximum absolute atomic E-state index is 12.0. The lowest BCUT2D eigenvalue weighted by molar-refractivity contribution is -0.121. The largest absolute Gasteiger partial charge is 0.335 e. The van der Waals surface area contributed by atoms with Crippen molar-refractivity contribution in [1.29, 1.82) is 0 Å². The van der Waals surface area contributed by atoms with Gasteiger partial charge < -0.3 is 10.6 Å². The van der Waals surface area contributed by atoms with Crippen molar-refractivity contribution in [3.8, 4) is 0 Å². The van der Waals surface area contributed by atoms with E-state index in [1.807, 2.05) is 7.05 Å². The quantitative estimate of drug-likeness (QED) is 0.708. The number of hydrogen-bond acceptors (Lipinski definition) is 4. The Morgan fingerprint density at radius 2 is 1.82 bits per heavy atom. The molecule has 1 unspecified atom stereocenters. The number of nitrogens with zero attached hydrogens (tertiary/aromatic N) is 1. The van der Waals surface area contributed by atoms with Crippen LogP contribution < -0.4 is 16.0 Å². The summed E-state index contributed by atoms with van der Waals surface area (Å²) in [5.74, 6) is -0.202. The first kappa shape index (κ1) is 19.2. The van der Waals surface area contributed by atoms with Crippen molar-refractivity contribution in [3.05, 3.63) is 0 Å². The number of likely N-dealkylation sites (tertiary alicyclic amines) is 1. The molecule has 3 amide bonds. The van der Waals surface area contributed by atoms with Crippen molar-refractivity contribution in [3.63, 3.8) is 0 Å². The number of urea groups is 1. The van der Waals surface area contributed by atoms with Gasteiger partial charge in [-0.05, 0) is 39.3 Å². The number of nitrogens with one attached hydrogen (secondary N) is 3. The van der Waals surface area contributed by atoms with E-state index in [-0.39, 0.29) is 30.4 Å². The summed E-state index contributed by atoms with van der Waals surface area (Å²) < 4.78 is 0. The van der Waals surface area contributed by atoms with E-state index in [9.17, 15) is 9.59 Å². The molecular weight excluding hydrogens is 304 g/mol. The molecule has 1 saturated carbocycles. The molecule has 7 heteroatoms. The highest BCUT2D eigenvalue weighted by Crippen LogP contribution is 2.17. The number of carbonyl (C=O) groups is 2. The summed E-state index contributed by atoms with van der Waals surface area (Å²) >= 11 is 0. The molecule has 2 aliphatic rings. The molecule has 2 fully saturated rings. The molecule has 0 spiro atoms. The van der Waals surface area contributed by atoms with Gasteiger partial charge in [0.05, 0.1) is 6.54 Å². The first-order valence-electron chi connectivity index (χ1n) is 8.18. The lowest BCUT2D eigenvalue weighted by Crippen LogP contribution is -2.49. The molecular formula is C15H29ClN4O2. The minimum absolute atomic E-state index is 0. The van der Waals surface area contributed by atoms with Gasteiger partial charge in [-0.25, -0.2) is 4.79 Å². The van der Waals surface area contributed by atoms with Gasteiger partial charge in [0.2, 0.25) is 5.91 Å². The number of imide groups is 1. The van der Waals surface area contributed by atoms with E-state index < -0.39 is 0 Å². The highest BCUT2D eigenvalue weighted by molar-refractivity contribution is 5.95. The first-order chi connectivity index (χ1) is 10.2. The summed E-state index contributed by atoms with van der Waals surface area (Å²) in [5.41, 5.74) is 0. The number of carbonyl (C=O) groups excluding carboxylic acids is 2. The van der Waals surface area contributed by atoms with E-state index in [1.165, 1.54) is 19.3 Å². The Kier molecular flexibility index (Phi) is 8.75. The lowest BCUT2D eigenvalue weighted by atomic mass is 9.96. The van der Waals surface area contributed by atoms with E-state index in [0.29, 0.717) is 12.6 Å². The van der Waals surface area contributed by atoms with E-state index in [4.69, 9.17) is 0 Å². The first-order valence-corrected chi connectivity index (χ1v) is 8.18. The molecule has 0 bridgehead atoms. The number of likely N-dealkylation sites (N-methyl/N-ethyl adjacent to an activating group) is 1. The average Bonchev–Trinajstić information content (AvgIpc) is 2.87. The number of amides is 3. The van der Waals surface area contributed by atoms with Crippen LogP contribution >= 0.6 is 12.4 Å². The van der Waals surface area contributed by atoms with Gasteiger partial charge in [0.25, 0.3) is 0 Å². The minimum atomic E-state index is -0.337. The van der Waals surface area contributed by atoms with E-state index >= 15 is 0 Å². The van der Waals surface area contributed by atoms with Crippen LogP contribution in [0, 0.1) is 0 Å². The van der Waals surface area contributed by atoms with Gasteiger partial charge in [0, 0.05) is 18.6 Å². The Balaban J connectivity index is 0.00000242. The van der Waals surface area contributed by atoms with Crippen molar-refractivity contribution in [1.82, 2.24) is 20.9 Å². The van der Waals surface area contributed by atoms with Crippen LogP contribution in [0.5, 0.6) is 0 Å². The molecule has 2 rings (SSSR count). The van der Waals surface area contributed by atoms with E-state index in [2.05, 4.69) is 20.9 Å². The maximum atomic E-state index is 12.0.